The molecule has 4 heterocycles. The summed E-state index contributed by atoms with van der Waals surface area (Å²) in [5.74, 6) is -0.170. The zero-order chi connectivity index (χ0) is 22.3. The van der Waals surface area contributed by atoms with Crippen molar-refractivity contribution in [1.29, 1.82) is 0 Å². The third kappa shape index (κ3) is 3.75. The number of aromatic nitrogens is 3. The van der Waals surface area contributed by atoms with E-state index >= 15 is 0 Å². The van der Waals surface area contributed by atoms with E-state index in [4.69, 9.17) is 0 Å². The molecular weight excluding hydrogens is 404 g/mol. The average molecular weight is 433 g/mol. The summed E-state index contributed by atoms with van der Waals surface area (Å²) in [5, 5.41) is 2.61. The Morgan fingerprint density at radius 3 is 2.72 bits per heavy atom. The number of piperazine rings is 1. The highest BCUT2D eigenvalue weighted by Crippen LogP contribution is 2.45. The van der Waals surface area contributed by atoms with Crippen molar-refractivity contribution in [3.8, 4) is 0 Å². The largest absolute Gasteiger partial charge is 0.367 e. The zero-order valence-corrected chi connectivity index (χ0v) is 18.5. The molecule has 0 radical (unpaired) electrons. The number of H-pyrrole nitrogens is 1. The number of amides is 1. The second-order valence-electron chi connectivity index (χ2n) is 8.80. The third-order valence-corrected chi connectivity index (χ3v) is 6.78. The maximum absolute atomic E-state index is 12.2. The molecule has 3 aromatic heterocycles. The fourth-order valence-corrected chi connectivity index (χ4v) is 4.67. The maximum atomic E-state index is 12.2. The Balaban J connectivity index is 1.31. The molecule has 1 amide bonds. The fourth-order valence-electron chi connectivity index (χ4n) is 4.67. The zero-order valence-electron chi connectivity index (χ0n) is 18.5. The summed E-state index contributed by atoms with van der Waals surface area (Å²) in [6, 6.07) is 7.72. The van der Waals surface area contributed by atoms with Crippen LogP contribution in [-0.2, 0) is 13.0 Å². The molecule has 166 valence electrons. The van der Waals surface area contributed by atoms with Gasteiger partial charge in [-0.15, -0.1) is 0 Å². The molecule has 1 saturated carbocycles. The summed E-state index contributed by atoms with van der Waals surface area (Å²) < 4.78 is 0. The first-order chi connectivity index (χ1) is 15.5. The number of nitrogens with one attached hydrogen (secondary N) is 2. The number of carbonyl (C=O) groups excluding carboxylic acids is 1. The molecule has 1 spiro atoms. The summed E-state index contributed by atoms with van der Waals surface area (Å²) >= 11 is 0. The molecule has 32 heavy (non-hydrogen) atoms. The van der Waals surface area contributed by atoms with Crippen molar-refractivity contribution < 1.29 is 4.79 Å². The van der Waals surface area contributed by atoms with E-state index in [-0.39, 0.29) is 17.0 Å². The fraction of sp³-hybridized carbons (Fsp3) is 0.417. The van der Waals surface area contributed by atoms with E-state index in [2.05, 4.69) is 36.1 Å². The number of hydrogen-bond acceptors (Lipinski definition) is 6. The van der Waals surface area contributed by atoms with Crippen LogP contribution in [0.4, 0.5) is 5.69 Å². The van der Waals surface area contributed by atoms with Gasteiger partial charge in [0.15, 0.2) is 0 Å². The Bertz CT molecular complexity index is 1220. The van der Waals surface area contributed by atoms with Crippen LogP contribution in [0.15, 0.2) is 41.5 Å². The van der Waals surface area contributed by atoms with Crippen molar-refractivity contribution in [2.45, 2.75) is 38.3 Å². The van der Waals surface area contributed by atoms with E-state index in [9.17, 15) is 9.59 Å². The molecule has 2 N–H and O–H groups in total. The number of aryl methyl sites for hydroxylation is 1. The quantitative estimate of drug-likeness (QED) is 0.641. The van der Waals surface area contributed by atoms with Gasteiger partial charge in [-0.3, -0.25) is 19.5 Å². The van der Waals surface area contributed by atoms with E-state index in [0.29, 0.717) is 12.1 Å². The minimum Gasteiger partial charge on any atom is -0.367 e. The van der Waals surface area contributed by atoms with Crippen LogP contribution < -0.4 is 15.8 Å². The maximum Gasteiger partial charge on any atom is 0.269 e. The van der Waals surface area contributed by atoms with Gasteiger partial charge in [0.1, 0.15) is 5.69 Å². The smallest absolute Gasteiger partial charge is 0.269 e. The van der Waals surface area contributed by atoms with Crippen molar-refractivity contribution in [3.63, 3.8) is 0 Å². The van der Waals surface area contributed by atoms with Crippen LogP contribution in [-0.4, -0.2) is 58.0 Å². The molecule has 0 unspecified atom stereocenters. The number of aromatic amines is 1. The predicted molar refractivity (Wildman–Crippen MR) is 124 cm³/mol. The molecular formula is C24H28N6O2. The van der Waals surface area contributed by atoms with Gasteiger partial charge in [0.25, 0.3) is 11.5 Å². The molecule has 5 rings (SSSR count). The average Bonchev–Trinajstić information content (AvgIpc) is 3.59. The van der Waals surface area contributed by atoms with Crippen molar-refractivity contribution in [2.24, 2.45) is 0 Å². The number of carbonyl (C=O) groups is 1. The lowest BCUT2D eigenvalue weighted by Crippen LogP contribution is -2.54. The van der Waals surface area contributed by atoms with Crippen molar-refractivity contribution in [1.82, 2.24) is 25.2 Å². The molecule has 2 aliphatic rings. The molecule has 0 bridgehead atoms. The molecule has 8 nitrogen and oxygen atoms in total. The summed E-state index contributed by atoms with van der Waals surface area (Å²) in [7, 11) is 1.61. The summed E-state index contributed by atoms with van der Waals surface area (Å²) in [6.07, 6.45) is 6.77. The highest BCUT2D eigenvalue weighted by molar-refractivity contribution is 5.92. The second kappa shape index (κ2) is 8.02. The molecule has 0 atom stereocenters. The Labute approximate surface area is 186 Å². The first-order valence-corrected chi connectivity index (χ1v) is 11.2. The van der Waals surface area contributed by atoms with Gasteiger partial charge in [0.2, 0.25) is 0 Å². The van der Waals surface area contributed by atoms with Crippen LogP contribution in [0.25, 0.3) is 11.0 Å². The monoisotopic (exact) mass is 432 g/mol. The predicted octanol–water partition coefficient (Wildman–Crippen LogP) is 2.09. The third-order valence-electron chi connectivity index (χ3n) is 6.78. The Morgan fingerprint density at radius 1 is 1.19 bits per heavy atom. The molecule has 1 aliphatic carbocycles. The van der Waals surface area contributed by atoms with E-state index in [1.54, 1.807) is 19.3 Å². The summed E-state index contributed by atoms with van der Waals surface area (Å²) in [6.45, 7) is 5.60. The van der Waals surface area contributed by atoms with E-state index in [0.717, 1.165) is 54.0 Å². The molecule has 3 aromatic rings. The lowest BCUT2D eigenvalue weighted by atomic mass is 10.1. The standard InChI is InChI=1S/C24H28N6O2/c1-3-17-11-20-21(28-22(17)31)10-16(12-26-20)14-30-9-8-29(15-24(30)6-7-24)18-4-5-19(27-13-18)23(32)25-2/h4-5,10-13H,3,6-9,14-15H2,1-2H3,(H,25,32)(H,28,31). The first kappa shape index (κ1) is 20.6. The number of nitrogens with zero attached hydrogens (tertiary/aromatic N) is 4. The van der Waals surface area contributed by atoms with Crippen molar-refractivity contribution in [3.05, 3.63) is 63.8 Å². The number of rotatable bonds is 5. The topological polar surface area (TPSA) is 94.2 Å². The van der Waals surface area contributed by atoms with Gasteiger partial charge >= 0.3 is 0 Å². The van der Waals surface area contributed by atoms with Crippen LogP contribution in [0.1, 0.15) is 41.4 Å². The number of hydrogen-bond donors (Lipinski definition) is 2. The van der Waals surface area contributed by atoms with Gasteiger partial charge in [-0.1, -0.05) is 6.92 Å². The molecule has 1 aliphatic heterocycles. The van der Waals surface area contributed by atoms with E-state index in [1.165, 1.54) is 12.8 Å². The van der Waals surface area contributed by atoms with Gasteiger partial charge in [0, 0.05) is 50.5 Å². The Morgan fingerprint density at radius 2 is 2.03 bits per heavy atom. The van der Waals surface area contributed by atoms with Gasteiger partial charge in [-0.25, -0.2) is 4.98 Å². The van der Waals surface area contributed by atoms with Crippen LogP contribution in [0.2, 0.25) is 0 Å². The van der Waals surface area contributed by atoms with Crippen LogP contribution in [0.5, 0.6) is 0 Å². The van der Waals surface area contributed by atoms with Crippen molar-refractivity contribution >= 4 is 22.6 Å². The molecule has 2 fully saturated rings. The minimum absolute atomic E-state index is 0.0257. The van der Waals surface area contributed by atoms with E-state index in [1.807, 2.05) is 25.3 Å². The van der Waals surface area contributed by atoms with Gasteiger partial charge in [-0.2, -0.15) is 0 Å². The number of anilines is 1. The Hall–Kier alpha value is -3.26. The van der Waals surface area contributed by atoms with Gasteiger partial charge in [0.05, 0.1) is 22.9 Å². The van der Waals surface area contributed by atoms with Crippen molar-refractivity contribution in [2.75, 3.05) is 31.6 Å². The van der Waals surface area contributed by atoms with Crippen LogP contribution in [0, 0.1) is 0 Å². The van der Waals surface area contributed by atoms with Crippen LogP contribution in [0.3, 0.4) is 0 Å². The lowest BCUT2D eigenvalue weighted by Gasteiger charge is -2.43. The molecule has 8 heteroatoms. The second-order valence-corrected chi connectivity index (χ2v) is 8.80. The lowest BCUT2D eigenvalue weighted by molar-refractivity contribution is 0.0958. The summed E-state index contributed by atoms with van der Waals surface area (Å²) in [4.78, 5) is 40.8. The highest BCUT2D eigenvalue weighted by atomic mass is 16.1. The highest BCUT2D eigenvalue weighted by Gasteiger charge is 2.51. The first-order valence-electron chi connectivity index (χ1n) is 11.2. The number of pyridine rings is 3. The molecule has 0 aromatic carbocycles. The SMILES string of the molecule is CCc1cc2ncc(CN3CCN(c4ccc(C(=O)NC)nc4)CC34CC4)cc2[nH]c1=O. The van der Waals surface area contributed by atoms with E-state index < -0.39 is 0 Å². The van der Waals surface area contributed by atoms with Crippen LogP contribution >= 0.6 is 0 Å². The Kier molecular flexibility index (Phi) is 5.17. The number of fused-ring (bicyclic) bond motifs is 1. The van der Waals surface area contributed by atoms with Gasteiger partial charge < -0.3 is 15.2 Å². The minimum atomic E-state index is -0.170. The summed E-state index contributed by atoms with van der Waals surface area (Å²) in [5.41, 5.74) is 5.16. The normalized spacial score (nSPS) is 17.6. The molecule has 1 saturated heterocycles. The van der Waals surface area contributed by atoms with Gasteiger partial charge in [-0.05, 0) is 49.1 Å².